The highest BCUT2D eigenvalue weighted by molar-refractivity contribution is 5.94. The summed E-state index contributed by atoms with van der Waals surface area (Å²) in [6.07, 6.45) is 2.85. The number of furan rings is 1. The minimum absolute atomic E-state index is 0.140. The van der Waals surface area contributed by atoms with Crippen LogP contribution in [0.4, 0.5) is 0 Å². The lowest BCUT2D eigenvalue weighted by Gasteiger charge is -2.02. The summed E-state index contributed by atoms with van der Waals surface area (Å²) in [5.74, 6) is 0.520. The van der Waals surface area contributed by atoms with E-state index in [9.17, 15) is 9.59 Å². The summed E-state index contributed by atoms with van der Waals surface area (Å²) >= 11 is 0. The van der Waals surface area contributed by atoms with E-state index in [0.29, 0.717) is 11.5 Å². The van der Waals surface area contributed by atoms with Crippen LogP contribution in [0, 0.1) is 0 Å². The maximum atomic E-state index is 11.6. The first-order valence-corrected chi connectivity index (χ1v) is 6.75. The molecule has 0 fully saturated rings. The normalized spacial score (nSPS) is 12.3. The second-order valence-electron chi connectivity index (χ2n) is 4.57. The minimum atomic E-state index is -0.468. The molecule has 1 aliphatic rings. The molecule has 0 saturated carbocycles. The Kier molecular flexibility index (Phi) is 4.23. The van der Waals surface area contributed by atoms with Crippen LogP contribution in [0.15, 0.2) is 46.1 Å². The lowest BCUT2D eigenvalue weighted by molar-refractivity contribution is -0.120. The van der Waals surface area contributed by atoms with Gasteiger partial charge >= 0.3 is 0 Å². The van der Waals surface area contributed by atoms with Crippen LogP contribution >= 0.6 is 0 Å². The van der Waals surface area contributed by atoms with Gasteiger partial charge in [0, 0.05) is 0 Å². The van der Waals surface area contributed by atoms with Gasteiger partial charge in [-0.1, -0.05) is 0 Å². The fraction of sp³-hybridized carbons (Fsp3) is 0.133. The average Bonchev–Trinajstić information content (AvgIpc) is 3.23. The first-order chi connectivity index (χ1) is 11.2. The van der Waals surface area contributed by atoms with Crippen LogP contribution in [-0.4, -0.2) is 31.4 Å². The number of rotatable bonds is 5. The molecular formula is C15H13N3O5. The number of benzene rings is 1. The average molecular weight is 315 g/mol. The molecule has 0 radical (unpaired) electrons. The lowest BCUT2D eigenvalue weighted by Crippen LogP contribution is -2.34. The van der Waals surface area contributed by atoms with Crippen LogP contribution in [0.3, 0.4) is 0 Å². The molecule has 0 bridgehead atoms. The number of fused-ring (bicyclic) bond motifs is 1. The van der Waals surface area contributed by atoms with E-state index < -0.39 is 11.8 Å². The third-order valence-corrected chi connectivity index (χ3v) is 2.95. The van der Waals surface area contributed by atoms with Crippen LogP contribution in [0.25, 0.3) is 0 Å². The Bertz CT molecular complexity index is 740. The predicted octanol–water partition coefficient (Wildman–Crippen LogP) is 0.888. The van der Waals surface area contributed by atoms with E-state index in [0.717, 1.165) is 5.56 Å². The van der Waals surface area contributed by atoms with E-state index in [-0.39, 0.29) is 19.1 Å². The third kappa shape index (κ3) is 3.67. The Morgan fingerprint density at radius 1 is 1.22 bits per heavy atom. The highest BCUT2D eigenvalue weighted by Gasteiger charge is 2.12. The lowest BCUT2D eigenvalue weighted by atomic mass is 10.2. The van der Waals surface area contributed by atoms with Gasteiger partial charge in [-0.2, -0.15) is 5.10 Å². The molecule has 0 spiro atoms. The zero-order chi connectivity index (χ0) is 16.1. The van der Waals surface area contributed by atoms with Crippen molar-refractivity contribution < 1.29 is 23.5 Å². The van der Waals surface area contributed by atoms with Crippen LogP contribution < -0.4 is 20.2 Å². The summed E-state index contributed by atoms with van der Waals surface area (Å²) in [5, 5.41) is 6.22. The number of hydrogen-bond acceptors (Lipinski definition) is 6. The third-order valence-electron chi connectivity index (χ3n) is 2.95. The fourth-order valence-electron chi connectivity index (χ4n) is 1.87. The number of carbonyl (C=O) groups is 2. The van der Waals surface area contributed by atoms with Gasteiger partial charge in [0.1, 0.15) is 0 Å². The zero-order valence-electron chi connectivity index (χ0n) is 11.9. The zero-order valence-corrected chi connectivity index (χ0v) is 11.9. The number of amides is 2. The Hall–Kier alpha value is -3.29. The van der Waals surface area contributed by atoms with E-state index in [2.05, 4.69) is 15.8 Å². The van der Waals surface area contributed by atoms with Crippen molar-refractivity contribution in [1.82, 2.24) is 10.7 Å². The van der Waals surface area contributed by atoms with Gasteiger partial charge in [0.15, 0.2) is 17.3 Å². The highest BCUT2D eigenvalue weighted by Crippen LogP contribution is 2.31. The molecule has 118 valence electrons. The maximum Gasteiger partial charge on any atom is 0.287 e. The van der Waals surface area contributed by atoms with Crippen molar-refractivity contribution >= 4 is 18.0 Å². The van der Waals surface area contributed by atoms with Crippen LogP contribution in [0.5, 0.6) is 11.5 Å². The minimum Gasteiger partial charge on any atom is -0.459 e. The van der Waals surface area contributed by atoms with Gasteiger partial charge in [0.2, 0.25) is 6.79 Å². The summed E-state index contributed by atoms with van der Waals surface area (Å²) in [7, 11) is 0. The van der Waals surface area contributed by atoms with Crippen molar-refractivity contribution in [2.45, 2.75) is 0 Å². The van der Waals surface area contributed by atoms with E-state index in [1.165, 1.54) is 18.5 Å². The van der Waals surface area contributed by atoms with Crippen LogP contribution in [0.2, 0.25) is 0 Å². The summed E-state index contributed by atoms with van der Waals surface area (Å²) in [4.78, 5) is 23.1. The first kappa shape index (κ1) is 14.6. The highest BCUT2D eigenvalue weighted by atomic mass is 16.7. The Morgan fingerprint density at radius 3 is 2.91 bits per heavy atom. The number of ether oxygens (including phenoxy) is 2. The quantitative estimate of drug-likeness (QED) is 0.630. The van der Waals surface area contributed by atoms with Crippen molar-refractivity contribution in [3.8, 4) is 11.5 Å². The smallest absolute Gasteiger partial charge is 0.287 e. The monoisotopic (exact) mass is 315 g/mol. The van der Waals surface area contributed by atoms with E-state index in [1.807, 2.05) is 0 Å². The second kappa shape index (κ2) is 6.65. The molecule has 3 rings (SSSR count). The van der Waals surface area contributed by atoms with Crippen molar-refractivity contribution in [2.24, 2.45) is 5.10 Å². The molecule has 0 atom stereocenters. The Labute approximate surface area is 131 Å². The van der Waals surface area contributed by atoms with E-state index in [1.54, 1.807) is 24.3 Å². The van der Waals surface area contributed by atoms with Gasteiger partial charge in [-0.3, -0.25) is 9.59 Å². The van der Waals surface area contributed by atoms with Crippen molar-refractivity contribution in [3.05, 3.63) is 47.9 Å². The standard InChI is InChI=1S/C15H13N3O5/c19-14(8-16-15(20)12-2-1-5-21-12)18-17-7-10-3-4-11-13(6-10)23-9-22-11/h1-7H,8-9H2,(H,16,20)(H,18,19)/b17-7-. The summed E-state index contributed by atoms with van der Waals surface area (Å²) in [6.45, 7) is -0.0138. The molecule has 0 saturated heterocycles. The van der Waals surface area contributed by atoms with Gasteiger partial charge in [-0.05, 0) is 35.9 Å². The molecule has 0 aliphatic carbocycles. The molecular weight excluding hydrogens is 302 g/mol. The number of hydrazone groups is 1. The Balaban J connectivity index is 1.46. The Morgan fingerprint density at radius 2 is 2.09 bits per heavy atom. The predicted molar refractivity (Wildman–Crippen MR) is 79.3 cm³/mol. The number of nitrogens with one attached hydrogen (secondary N) is 2. The molecule has 8 heteroatoms. The van der Waals surface area contributed by atoms with Gasteiger partial charge in [-0.25, -0.2) is 5.43 Å². The van der Waals surface area contributed by atoms with Crippen LogP contribution in [0.1, 0.15) is 16.1 Å². The maximum absolute atomic E-state index is 11.6. The number of carbonyl (C=O) groups excluding carboxylic acids is 2. The SMILES string of the molecule is O=C(CNC(=O)c1ccco1)N/N=C\c1ccc2c(c1)OCO2. The van der Waals surface area contributed by atoms with Gasteiger partial charge in [-0.15, -0.1) is 0 Å². The first-order valence-electron chi connectivity index (χ1n) is 6.75. The van der Waals surface area contributed by atoms with Gasteiger partial charge < -0.3 is 19.2 Å². The molecule has 0 unspecified atom stereocenters. The van der Waals surface area contributed by atoms with Crippen LogP contribution in [-0.2, 0) is 4.79 Å². The fourth-order valence-corrected chi connectivity index (χ4v) is 1.87. The molecule has 2 heterocycles. The second-order valence-corrected chi connectivity index (χ2v) is 4.57. The summed E-state index contributed by atoms with van der Waals surface area (Å²) < 4.78 is 15.3. The van der Waals surface area contributed by atoms with Gasteiger partial charge in [0.25, 0.3) is 11.8 Å². The molecule has 2 N–H and O–H groups in total. The number of hydrogen-bond donors (Lipinski definition) is 2. The van der Waals surface area contributed by atoms with Crippen molar-refractivity contribution in [1.29, 1.82) is 0 Å². The molecule has 1 aliphatic heterocycles. The van der Waals surface area contributed by atoms with E-state index in [4.69, 9.17) is 13.9 Å². The molecule has 1 aromatic heterocycles. The molecule has 1 aromatic carbocycles. The molecule has 23 heavy (non-hydrogen) atoms. The van der Waals surface area contributed by atoms with E-state index >= 15 is 0 Å². The number of nitrogens with zero attached hydrogens (tertiary/aromatic N) is 1. The van der Waals surface area contributed by atoms with Crippen molar-refractivity contribution in [2.75, 3.05) is 13.3 Å². The van der Waals surface area contributed by atoms with Gasteiger partial charge in [0.05, 0.1) is 19.0 Å². The molecule has 2 aromatic rings. The molecule has 8 nitrogen and oxygen atoms in total. The topological polar surface area (TPSA) is 102 Å². The largest absolute Gasteiger partial charge is 0.459 e. The van der Waals surface area contributed by atoms with Crippen molar-refractivity contribution in [3.63, 3.8) is 0 Å². The molecule has 2 amide bonds. The summed E-state index contributed by atoms with van der Waals surface area (Å²) in [6, 6.07) is 8.38. The summed E-state index contributed by atoms with van der Waals surface area (Å²) in [5.41, 5.74) is 3.06.